The summed E-state index contributed by atoms with van der Waals surface area (Å²) in [5.41, 5.74) is 0.955. The maximum Gasteiger partial charge on any atom is 0.137 e. The van der Waals surface area contributed by atoms with Gasteiger partial charge in [0.1, 0.15) is 16.8 Å². The average molecular weight is 282 g/mol. The molecule has 0 spiro atoms. The minimum atomic E-state index is 0.292. The summed E-state index contributed by atoms with van der Waals surface area (Å²) in [6, 6.07) is 0.451. The van der Waals surface area contributed by atoms with Gasteiger partial charge in [-0.1, -0.05) is 38.3 Å². The van der Waals surface area contributed by atoms with Crippen molar-refractivity contribution in [2.75, 3.05) is 5.32 Å². The quantitative estimate of drug-likeness (QED) is 0.823. The summed E-state index contributed by atoms with van der Waals surface area (Å²) in [5.74, 6) is 2.77. The van der Waals surface area contributed by atoms with Crippen LogP contribution >= 0.6 is 11.6 Å². The Hall–Kier alpha value is -0.830. The van der Waals surface area contributed by atoms with E-state index >= 15 is 0 Å². The van der Waals surface area contributed by atoms with Gasteiger partial charge in [0, 0.05) is 17.5 Å². The highest BCUT2D eigenvalue weighted by Gasteiger charge is 2.23. The van der Waals surface area contributed by atoms with Crippen molar-refractivity contribution in [1.29, 1.82) is 0 Å². The van der Waals surface area contributed by atoms with Gasteiger partial charge in [-0.05, 0) is 32.6 Å². The van der Waals surface area contributed by atoms with E-state index in [4.69, 9.17) is 11.6 Å². The van der Waals surface area contributed by atoms with E-state index in [1.807, 2.05) is 6.92 Å². The first kappa shape index (κ1) is 14.6. The monoisotopic (exact) mass is 281 g/mol. The zero-order valence-corrected chi connectivity index (χ0v) is 13.1. The average Bonchev–Trinajstić information content (AvgIpc) is 2.88. The van der Waals surface area contributed by atoms with Crippen LogP contribution in [-0.4, -0.2) is 16.0 Å². The lowest BCUT2D eigenvalue weighted by Gasteiger charge is -2.22. The molecule has 1 aromatic rings. The smallest absolute Gasteiger partial charge is 0.137 e. The van der Waals surface area contributed by atoms with Gasteiger partial charge in [0.15, 0.2) is 0 Å². The summed E-state index contributed by atoms with van der Waals surface area (Å²) in [6.45, 7) is 8.41. The van der Waals surface area contributed by atoms with Crippen LogP contribution in [0.4, 0.5) is 5.82 Å². The Kier molecular flexibility index (Phi) is 4.67. The molecule has 1 atom stereocenters. The normalized spacial score (nSPS) is 18.0. The van der Waals surface area contributed by atoms with Gasteiger partial charge in [0.2, 0.25) is 0 Å². The molecule has 0 aliphatic heterocycles. The summed E-state index contributed by atoms with van der Waals surface area (Å²) in [4.78, 5) is 8.99. The molecule has 1 N–H and O–H groups in total. The molecule has 3 nitrogen and oxygen atoms in total. The van der Waals surface area contributed by atoms with Crippen molar-refractivity contribution in [3.05, 3.63) is 16.5 Å². The van der Waals surface area contributed by atoms with E-state index in [0.29, 0.717) is 17.1 Å². The molecule has 1 aromatic heterocycles. The zero-order valence-electron chi connectivity index (χ0n) is 12.3. The van der Waals surface area contributed by atoms with Crippen molar-refractivity contribution in [2.24, 2.45) is 5.92 Å². The van der Waals surface area contributed by atoms with Gasteiger partial charge in [-0.15, -0.1) is 0 Å². The molecule has 19 heavy (non-hydrogen) atoms. The van der Waals surface area contributed by atoms with Crippen LogP contribution in [0.1, 0.15) is 63.8 Å². The standard InChI is InChI=1S/C15H24ClN3/c1-9(2)14-18-13(16)10(3)15(19-14)17-11(4)12-7-5-6-8-12/h9,11-12H,5-8H2,1-4H3,(H,17,18,19). The molecule has 1 heterocycles. The van der Waals surface area contributed by atoms with Gasteiger partial charge in [0.05, 0.1) is 0 Å². The predicted octanol–water partition coefficient (Wildman–Crippen LogP) is 4.55. The molecule has 1 aliphatic rings. The molecule has 1 fully saturated rings. The topological polar surface area (TPSA) is 37.8 Å². The third-order valence-corrected chi connectivity index (χ3v) is 4.46. The second-order valence-electron chi connectivity index (χ2n) is 5.98. The van der Waals surface area contributed by atoms with Crippen LogP contribution < -0.4 is 5.32 Å². The summed E-state index contributed by atoms with van der Waals surface area (Å²) < 4.78 is 0. The molecule has 106 valence electrons. The van der Waals surface area contributed by atoms with Crippen molar-refractivity contribution in [3.63, 3.8) is 0 Å². The van der Waals surface area contributed by atoms with Crippen LogP contribution in [0.3, 0.4) is 0 Å². The van der Waals surface area contributed by atoms with E-state index in [-0.39, 0.29) is 0 Å². The number of anilines is 1. The van der Waals surface area contributed by atoms with Crippen molar-refractivity contribution in [2.45, 2.75) is 65.3 Å². The number of aromatic nitrogens is 2. The lowest BCUT2D eigenvalue weighted by Crippen LogP contribution is -2.25. The molecule has 0 amide bonds. The first-order valence-corrected chi connectivity index (χ1v) is 7.67. The molecule has 2 rings (SSSR count). The van der Waals surface area contributed by atoms with Crippen LogP contribution in [0.5, 0.6) is 0 Å². The summed E-state index contributed by atoms with van der Waals surface area (Å²) in [7, 11) is 0. The van der Waals surface area contributed by atoms with E-state index in [1.165, 1.54) is 25.7 Å². The van der Waals surface area contributed by atoms with Crippen LogP contribution in [0, 0.1) is 12.8 Å². The van der Waals surface area contributed by atoms with Gasteiger partial charge in [0.25, 0.3) is 0 Å². The number of halogens is 1. The lowest BCUT2D eigenvalue weighted by atomic mass is 10.00. The number of nitrogens with zero attached hydrogens (tertiary/aromatic N) is 2. The maximum atomic E-state index is 6.22. The minimum absolute atomic E-state index is 0.292. The SMILES string of the molecule is Cc1c(Cl)nc(C(C)C)nc1NC(C)C1CCCC1. The van der Waals surface area contributed by atoms with Crippen LogP contribution in [-0.2, 0) is 0 Å². The third-order valence-electron chi connectivity index (χ3n) is 4.09. The minimum Gasteiger partial charge on any atom is -0.367 e. The van der Waals surface area contributed by atoms with E-state index in [1.54, 1.807) is 0 Å². The number of hydrogen-bond donors (Lipinski definition) is 1. The molecule has 0 bridgehead atoms. The van der Waals surface area contributed by atoms with Crippen molar-refractivity contribution < 1.29 is 0 Å². The second kappa shape index (κ2) is 6.08. The van der Waals surface area contributed by atoms with E-state index in [2.05, 4.69) is 36.1 Å². The maximum absolute atomic E-state index is 6.22. The highest BCUT2D eigenvalue weighted by molar-refractivity contribution is 6.30. The highest BCUT2D eigenvalue weighted by atomic mass is 35.5. The fourth-order valence-corrected chi connectivity index (χ4v) is 2.87. The molecular weight excluding hydrogens is 258 g/mol. The fourth-order valence-electron chi connectivity index (χ4n) is 2.70. The molecule has 0 aromatic carbocycles. The van der Waals surface area contributed by atoms with Gasteiger partial charge >= 0.3 is 0 Å². The van der Waals surface area contributed by atoms with Crippen LogP contribution in [0.15, 0.2) is 0 Å². The largest absolute Gasteiger partial charge is 0.367 e. The predicted molar refractivity (Wildman–Crippen MR) is 80.9 cm³/mol. The third kappa shape index (κ3) is 3.38. The number of nitrogens with one attached hydrogen (secondary N) is 1. The Labute approximate surface area is 121 Å². The van der Waals surface area contributed by atoms with Crippen LogP contribution in [0.25, 0.3) is 0 Å². The number of hydrogen-bond acceptors (Lipinski definition) is 3. The molecule has 1 unspecified atom stereocenters. The van der Waals surface area contributed by atoms with Crippen molar-refractivity contribution in [3.8, 4) is 0 Å². The Morgan fingerprint density at radius 3 is 2.37 bits per heavy atom. The van der Waals surface area contributed by atoms with Gasteiger partial charge in [-0.2, -0.15) is 0 Å². The lowest BCUT2D eigenvalue weighted by molar-refractivity contribution is 0.480. The molecule has 4 heteroatoms. The van der Waals surface area contributed by atoms with Gasteiger partial charge < -0.3 is 5.32 Å². The van der Waals surface area contributed by atoms with Gasteiger partial charge in [-0.3, -0.25) is 0 Å². The molecule has 1 aliphatic carbocycles. The van der Waals surface area contributed by atoms with E-state index in [9.17, 15) is 0 Å². The van der Waals surface area contributed by atoms with Crippen LogP contribution in [0.2, 0.25) is 5.15 Å². The Morgan fingerprint density at radius 1 is 1.16 bits per heavy atom. The Balaban J connectivity index is 2.18. The molecular formula is C15H24ClN3. The second-order valence-corrected chi connectivity index (χ2v) is 6.34. The van der Waals surface area contributed by atoms with E-state index < -0.39 is 0 Å². The Morgan fingerprint density at radius 2 is 1.79 bits per heavy atom. The van der Waals surface area contributed by atoms with E-state index in [0.717, 1.165) is 23.1 Å². The fraction of sp³-hybridized carbons (Fsp3) is 0.733. The van der Waals surface area contributed by atoms with Gasteiger partial charge in [-0.25, -0.2) is 9.97 Å². The summed E-state index contributed by atoms with van der Waals surface area (Å²) >= 11 is 6.22. The zero-order chi connectivity index (χ0) is 14.0. The number of rotatable bonds is 4. The molecule has 0 radical (unpaired) electrons. The first-order chi connectivity index (χ1) is 8.99. The first-order valence-electron chi connectivity index (χ1n) is 7.29. The Bertz CT molecular complexity index is 439. The molecule has 0 saturated heterocycles. The van der Waals surface area contributed by atoms with Crippen molar-refractivity contribution in [1.82, 2.24) is 9.97 Å². The highest BCUT2D eigenvalue weighted by Crippen LogP contribution is 2.30. The summed E-state index contributed by atoms with van der Waals surface area (Å²) in [6.07, 6.45) is 5.36. The molecule has 1 saturated carbocycles. The van der Waals surface area contributed by atoms with Crippen molar-refractivity contribution >= 4 is 17.4 Å². The summed E-state index contributed by atoms with van der Waals surface area (Å²) in [5, 5.41) is 4.12.